The van der Waals surface area contributed by atoms with Gasteiger partial charge >= 0.3 is 0 Å². The van der Waals surface area contributed by atoms with Gasteiger partial charge in [-0.05, 0) is 50.0 Å². The largest absolute Gasteiger partial charge is 0.330 e. The highest BCUT2D eigenvalue weighted by Gasteiger charge is 2.38. The molecule has 2 saturated carbocycles. The minimum atomic E-state index is 0.896. The second-order valence-electron chi connectivity index (χ2n) is 3.93. The van der Waals surface area contributed by atoms with Gasteiger partial charge in [0.1, 0.15) is 0 Å². The van der Waals surface area contributed by atoms with Crippen molar-refractivity contribution in [3.8, 4) is 0 Å². The van der Waals surface area contributed by atoms with E-state index in [0.29, 0.717) is 0 Å². The van der Waals surface area contributed by atoms with Crippen molar-refractivity contribution in [3.63, 3.8) is 0 Å². The third-order valence-electron chi connectivity index (χ3n) is 3.25. The highest BCUT2D eigenvalue weighted by Crippen LogP contribution is 2.47. The molecular weight excluding hydrogens is 122 g/mol. The van der Waals surface area contributed by atoms with Crippen LogP contribution in [0.25, 0.3) is 0 Å². The molecule has 0 amide bonds. The first kappa shape index (κ1) is 6.66. The van der Waals surface area contributed by atoms with Gasteiger partial charge in [0, 0.05) is 0 Å². The molecular formula is C9H17N. The summed E-state index contributed by atoms with van der Waals surface area (Å²) in [5, 5.41) is 0. The van der Waals surface area contributed by atoms with Crippen LogP contribution in [0.2, 0.25) is 0 Å². The Morgan fingerprint density at radius 1 is 1.10 bits per heavy atom. The van der Waals surface area contributed by atoms with Crippen LogP contribution < -0.4 is 5.73 Å². The fourth-order valence-corrected chi connectivity index (χ4v) is 2.50. The van der Waals surface area contributed by atoms with E-state index in [1.54, 1.807) is 0 Å². The van der Waals surface area contributed by atoms with E-state index < -0.39 is 0 Å². The minimum absolute atomic E-state index is 0.896. The van der Waals surface area contributed by atoms with Gasteiger partial charge in [-0.2, -0.15) is 0 Å². The van der Waals surface area contributed by atoms with Gasteiger partial charge in [-0.15, -0.1) is 0 Å². The highest BCUT2D eigenvalue weighted by atomic mass is 14.6. The van der Waals surface area contributed by atoms with Crippen molar-refractivity contribution in [2.24, 2.45) is 23.5 Å². The first-order valence-electron chi connectivity index (χ1n) is 4.62. The molecule has 0 unspecified atom stereocenters. The Bertz CT molecular complexity index is 118. The Hall–Kier alpha value is -0.0400. The normalized spacial score (nSPS) is 40.5. The quantitative estimate of drug-likeness (QED) is 0.620. The van der Waals surface area contributed by atoms with Crippen LogP contribution in [0, 0.1) is 17.8 Å². The molecule has 10 heavy (non-hydrogen) atoms. The molecule has 0 saturated heterocycles. The highest BCUT2D eigenvalue weighted by molar-refractivity contribution is 4.89. The van der Waals surface area contributed by atoms with Gasteiger partial charge in [-0.25, -0.2) is 0 Å². The Kier molecular flexibility index (Phi) is 1.69. The lowest BCUT2D eigenvalue weighted by molar-refractivity contribution is 0.353. The Morgan fingerprint density at radius 3 is 2.50 bits per heavy atom. The first-order valence-corrected chi connectivity index (χ1v) is 4.62. The lowest BCUT2D eigenvalue weighted by atomic mass is 9.92. The van der Waals surface area contributed by atoms with Crippen LogP contribution in [-0.2, 0) is 0 Å². The fraction of sp³-hybridized carbons (Fsp3) is 1.00. The molecule has 2 fully saturated rings. The third kappa shape index (κ3) is 1.07. The average Bonchev–Trinajstić information content (AvgIpc) is 2.69. The van der Waals surface area contributed by atoms with E-state index in [0.717, 1.165) is 24.3 Å². The molecule has 0 aliphatic heterocycles. The van der Waals surface area contributed by atoms with E-state index in [1.165, 1.54) is 32.1 Å². The number of nitrogens with two attached hydrogens (primary N) is 1. The van der Waals surface area contributed by atoms with E-state index in [1.807, 2.05) is 0 Å². The predicted molar refractivity (Wildman–Crippen MR) is 42.6 cm³/mol. The summed E-state index contributed by atoms with van der Waals surface area (Å²) in [5.41, 5.74) is 5.69. The molecule has 0 bridgehead atoms. The molecule has 2 N–H and O–H groups in total. The molecule has 0 heterocycles. The van der Waals surface area contributed by atoms with Crippen molar-refractivity contribution < 1.29 is 0 Å². The molecule has 2 aliphatic carbocycles. The van der Waals surface area contributed by atoms with E-state index in [-0.39, 0.29) is 0 Å². The van der Waals surface area contributed by atoms with Crippen LogP contribution in [0.15, 0.2) is 0 Å². The van der Waals surface area contributed by atoms with Crippen molar-refractivity contribution >= 4 is 0 Å². The molecule has 2 aliphatic rings. The summed E-state index contributed by atoms with van der Waals surface area (Å²) < 4.78 is 0. The summed E-state index contributed by atoms with van der Waals surface area (Å²) in [6.07, 6.45) is 7.34. The van der Waals surface area contributed by atoms with Crippen LogP contribution in [0.1, 0.15) is 32.1 Å². The zero-order chi connectivity index (χ0) is 6.97. The molecule has 0 spiro atoms. The zero-order valence-corrected chi connectivity index (χ0v) is 6.55. The Balaban J connectivity index is 1.91. The van der Waals surface area contributed by atoms with Gasteiger partial charge in [0.05, 0.1) is 0 Å². The van der Waals surface area contributed by atoms with Crippen molar-refractivity contribution in [1.82, 2.24) is 0 Å². The van der Waals surface area contributed by atoms with Gasteiger partial charge < -0.3 is 5.73 Å². The lowest BCUT2D eigenvalue weighted by Crippen LogP contribution is -2.19. The number of hydrogen-bond donors (Lipinski definition) is 1. The zero-order valence-electron chi connectivity index (χ0n) is 6.55. The van der Waals surface area contributed by atoms with E-state index in [9.17, 15) is 0 Å². The standard InChI is InChI=1S/C9H17N/c10-6-8-2-1-3-9(8)7-4-5-7/h7-9H,1-6,10H2/t8-,9-/m1/s1. The summed E-state index contributed by atoms with van der Waals surface area (Å²) in [5.74, 6) is 3.02. The molecule has 1 heteroatoms. The monoisotopic (exact) mass is 139 g/mol. The van der Waals surface area contributed by atoms with Gasteiger partial charge in [-0.3, -0.25) is 0 Å². The maximum atomic E-state index is 5.69. The molecule has 0 aromatic carbocycles. The summed E-state index contributed by atoms with van der Waals surface area (Å²) in [4.78, 5) is 0. The van der Waals surface area contributed by atoms with Crippen LogP contribution in [-0.4, -0.2) is 6.54 Å². The fourth-order valence-electron chi connectivity index (χ4n) is 2.50. The smallest absolute Gasteiger partial charge is 0.00461 e. The van der Waals surface area contributed by atoms with Crippen LogP contribution in [0.3, 0.4) is 0 Å². The molecule has 1 nitrogen and oxygen atoms in total. The van der Waals surface area contributed by atoms with Crippen LogP contribution in [0.5, 0.6) is 0 Å². The van der Waals surface area contributed by atoms with Crippen molar-refractivity contribution in [3.05, 3.63) is 0 Å². The Labute approximate surface area is 63.0 Å². The van der Waals surface area contributed by atoms with Crippen LogP contribution >= 0.6 is 0 Å². The van der Waals surface area contributed by atoms with Gasteiger partial charge in [0.25, 0.3) is 0 Å². The molecule has 58 valence electrons. The SMILES string of the molecule is NC[C@H]1CCC[C@@H]1C1CC1. The minimum Gasteiger partial charge on any atom is -0.330 e. The van der Waals surface area contributed by atoms with Gasteiger partial charge in [-0.1, -0.05) is 6.42 Å². The molecule has 0 aromatic rings. The second kappa shape index (κ2) is 2.54. The number of hydrogen-bond acceptors (Lipinski definition) is 1. The second-order valence-corrected chi connectivity index (χ2v) is 3.93. The first-order chi connectivity index (χ1) is 4.92. The molecule has 0 radical (unpaired) electrons. The summed E-state index contributed by atoms with van der Waals surface area (Å²) in [6, 6.07) is 0. The number of rotatable bonds is 2. The third-order valence-corrected chi connectivity index (χ3v) is 3.25. The van der Waals surface area contributed by atoms with Crippen molar-refractivity contribution in [2.75, 3.05) is 6.54 Å². The topological polar surface area (TPSA) is 26.0 Å². The predicted octanol–water partition coefficient (Wildman–Crippen LogP) is 1.77. The van der Waals surface area contributed by atoms with Crippen LogP contribution in [0.4, 0.5) is 0 Å². The van der Waals surface area contributed by atoms with Crippen molar-refractivity contribution in [2.45, 2.75) is 32.1 Å². The van der Waals surface area contributed by atoms with Gasteiger partial charge in [0.15, 0.2) is 0 Å². The lowest BCUT2D eigenvalue weighted by Gasteiger charge is -2.16. The van der Waals surface area contributed by atoms with E-state index in [4.69, 9.17) is 5.73 Å². The Morgan fingerprint density at radius 2 is 1.90 bits per heavy atom. The summed E-state index contributed by atoms with van der Waals surface area (Å²) in [6.45, 7) is 0.946. The van der Waals surface area contributed by atoms with Gasteiger partial charge in [0.2, 0.25) is 0 Å². The summed E-state index contributed by atoms with van der Waals surface area (Å²) >= 11 is 0. The summed E-state index contributed by atoms with van der Waals surface area (Å²) in [7, 11) is 0. The maximum absolute atomic E-state index is 5.69. The van der Waals surface area contributed by atoms with E-state index in [2.05, 4.69) is 0 Å². The maximum Gasteiger partial charge on any atom is -0.00461 e. The van der Waals surface area contributed by atoms with E-state index >= 15 is 0 Å². The molecule has 0 aromatic heterocycles. The average molecular weight is 139 g/mol. The molecule has 2 rings (SSSR count). The molecule has 2 atom stereocenters. The van der Waals surface area contributed by atoms with Crippen molar-refractivity contribution in [1.29, 1.82) is 0 Å².